The first-order valence-electron chi connectivity index (χ1n) is 8.55. The van der Waals surface area contributed by atoms with Gasteiger partial charge in [-0.1, -0.05) is 54.6 Å². The minimum absolute atomic E-state index is 0.0374. The predicted molar refractivity (Wildman–Crippen MR) is 107 cm³/mol. The summed E-state index contributed by atoms with van der Waals surface area (Å²) in [6.07, 6.45) is 0.899. The Balaban J connectivity index is 1.46. The van der Waals surface area contributed by atoms with Crippen LogP contribution in [-0.4, -0.2) is 34.3 Å². The minimum atomic E-state index is -0.533. The Hall–Kier alpha value is -2.64. The molecule has 0 aliphatic carbocycles. The van der Waals surface area contributed by atoms with E-state index in [0.717, 1.165) is 29.3 Å². The molecule has 2 aromatic carbocycles. The number of hydrogen-bond donors (Lipinski definition) is 0. The Morgan fingerprint density at radius 1 is 1.07 bits per heavy atom. The fourth-order valence-corrected chi connectivity index (χ4v) is 2.98. The first kappa shape index (κ1) is 20.1. The van der Waals surface area contributed by atoms with E-state index >= 15 is 0 Å². The zero-order chi connectivity index (χ0) is 19.9. The summed E-state index contributed by atoms with van der Waals surface area (Å²) in [6, 6.07) is 14.2. The van der Waals surface area contributed by atoms with Crippen LogP contribution in [0, 0.1) is 0 Å². The van der Waals surface area contributed by atoms with Crippen LogP contribution in [0.2, 0.25) is 5.02 Å². The van der Waals surface area contributed by atoms with Crippen LogP contribution in [0.1, 0.15) is 22.8 Å². The smallest absolute Gasteiger partial charge is 0.316 e. The van der Waals surface area contributed by atoms with Crippen LogP contribution in [0.15, 0.2) is 58.2 Å². The van der Waals surface area contributed by atoms with E-state index in [9.17, 15) is 9.59 Å². The first-order chi connectivity index (χ1) is 13.5. The third kappa shape index (κ3) is 5.43. The Labute approximate surface area is 171 Å². The van der Waals surface area contributed by atoms with E-state index in [-0.39, 0.29) is 23.4 Å². The van der Waals surface area contributed by atoms with Gasteiger partial charge in [-0.05, 0) is 36.2 Å². The van der Waals surface area contributed by atoms with Crippen LogP contribution < -0.4 is 0 Å². The number of benzene rings is 2. The van der Waals surface area contributed by atoms with Crippen molar-refractivity contribution in [2.75, 3.05) is 12.4 Å². The Morgan fingerprint density at radius 2 is 1.79 bits per heavy atom. The number of aryl methyl sites for hydroxylation is 1. The molecule has 0 N–H and O–H groups in total. The number of esters is 1. The van der Waals surface area contributed by atoms with Gasteiger partial charge in [0, 0.05) is 16.1 Å². The first-order valence-corrected chi connectivity index (χ1v) is 9.91. The number of halogens is 1. The maximum Gasteiger partial charge on any atom is 0.316 e. The molecule has 0 saturated heterocycles. The molecule has 144 valence electrons. The van der Waals surface area contributed by atoms with E-state index in [1.54, 1.807) is 36.4 Å². The third-order valence-electron chi connectivity index (χ3n) is 3.86. The van der Waals surface area contributed by atoms with Crippen molar-refractivity contribution in [1.82, 2.24) is 10.2 Å². The fourth-order valence-electron chi connectivity index (χ4n) is 2.30. The molecule has 0 fully saturated rings. The molecule has 0 spiro atoms. The van der Waals surface area contributed by atoms with Crippen LogP contribution in [0.25, 0.3) is 11.5 Å². The van der Waals surface area contributed by atoms with Crippen molar-refractivity contribution in [3.05, 3.63) is 64.7 Å². The monoisotopic (exact) mass is 416 g/mol. The molecule has 1 aromatic heterocycles. The predicted octanol–water partition coefficient (Wildman–Crippen LogP) is 4.47. The summed E-state index contributed by atoms with van der Waals surface area (Å²) in [5.41, 5.74) is 2.38. The summed E-state index contributed by atoms with van der Waals surface area (Å²) in [4.78, 5) is 23.9. The van der Waals surface area contributed by atoms with Crippen molar-refractivity contribution in [1.29, 1.82) is 0 Å². The zero-order valence-corrected chi connectivity index (χ0v) is 16.6. The van der Waals surface area contributed by atoms with Gasteiger partial charge >= 0.3 is 5.97 Å². The lowest BCUT2D eigenvalue weighted by atomic mass is 10.1. The Morgan fingerprint density at radius 3 is 2.46 bits per heavy atom. The maximum absolute atomic E-state index is 12.1. The summed E-state index contributed by atoms with van der Waals surface area (Å²) < 4.78 is 10.5. The van der Waals surface area contributed by atoms with Crippen molar-refractivity contribution in [2.45, 2.75) is 18.6 Å². The molecule has 6 nitrogen and oxygen atoms in total. The lowest BCUT2D eigenvalue weighted by molar-refractivity contribution is -0.139. The van der Waals surface area contributed by atoms with Gasteiger partial charge < -0.3 is 9.15 Å². The summed E-state index contributed by atoms with van der Waals surface area (Å²) >= 11 is 6.89. The molecule has 0 unspecified atom stereocenters. The van der Waals surface area contributed by atoms with Gasteiger partial charge in [0.1, 0.15) is 5.75 Å². The molecule has 0 bridgehead atoms. The maximum atomic E-state index is 12.1. The summed E-state index contributed by atoms with van der Waals surface area (Å²) in [5.74, 6) is -0.485. The molecular weight excluding hydrogens is 400 g/mol. The van der Waals surface area contributed by atoms with E-state index < -0.39 is 5.97 Å². The number of nitrogens with zero attached hydrogens (tertiary/aromatic N) is 2. The number of carbonyl (C=O) groups is 2. The molecule has 0 aliphatic rings. The summed E-state index contributed by atoms with van der Waals surface area (Å²) in [7, 11) is 0. The molecule has 3 aromatic rings. The number of aromatic nitrogens is 2. The van der Waals surface area contributed by atoms with Crippen LogP contribution in [0.5, 0.6) is 0 Å². The minimum Gasteiger partial charge on any atom is -0.457 e. The topological polar surface area (TPSA) is 82.3 Å². The van der Waals surface area contributed by atoms with Crippen molar-refractivity contribution >= 4 is 35.1 Å². The Kier molecular flexibility index (Phi) is 6.84. The van der Waals surface area contributed by atoms with Gasteiger partial charge in [-0.3, -0.25) is 9.59 Å². The summed E-state index contributed by atoms with van der Waals surface area (Å²) in [6.45, 7) is 1.74. The van der Waals surface area contributed by atoms with Gasteiger partial charge in [0.15, 0.2) is 12.4 Å². The number of hydrogen-bond acceptors (Lipinski definition) is 7. The van der Waals surface area contributed by atoms with Gasteiger partial charge in [0.25, 0.3) is 5.22 Å². The van der Waals surface area contributed by atoms with Crippen LogP contribution in [-0.2, 0) is 16.0 Å². The lowest BCUT2D eigenvalue weighted by Gasteiger charge is -2.04. The molecule has 0 amide bonds. The van der Waals surface area contributed by atoms with E-state index in [1.165, 1.54) is 0 Å². The van der Waals surface area contributed by atoms with E-state index in [4.69, 9.17) is 20.8 Å². The molecule has 1 heterocycles. The van der Waals surface area contributed by atoms with Gasteiger partial charge in [-0.2, -0.15) is 0 Å². The molecule has 0 saturated carbocycles. The van der Waals surface area contributed by atoms with E-state index in [1.807, 2.05) is 19.1 Å². The van der Waals surface area contributed by atoms with Crippen LogP contribution in [0.4, 0.5) is 0 Å². The lowest BCUT2D eigenvalue weighted by Crippen LogP contribution is -2.15. The highest BCUT2D eigenvalue weighted by atomic mass is 35.5. The van der Waals surface area contributed by atoms with Crippen LogP contribution in [0.3, 0.4) is 0 Å². The Bertz CT molecular complexity index is 955. The molecule has 0 radical (unpaired) electrons. The normalized spacial score (nSPS) is 10.6. The largest absolute Gasteiger partial charge is 0.457 e. The fraction of sp³-hybridized carbons (Fsp3) is 0.200. The van der Waals surface area contributed by atoms with Gasteiger partial charge in [-0.15, -0.1) is 10.2 Å². The molecule has 3 rings (SSSR count). The molecule has 28 heavy (non-hydrogen) atoms. The average molecular weight is 417 g/mol. The molecule has 0 aliphatic heterocycles. The highest BCUT2D eigenvalue weighted by Gasteiger charge is 2.14. The quantitative estimate of drug-likeness (QED) is 0.304. The number of ether oxygens (including phenoxy) is 1. The third-order valence-corrected chi connectivity index (χ3v) is 4.90. The second-order valence-corrected chi connectivity index (χ2v) is 7.17. The van der Waals surface area contributed by atoms with E-state index in [0.29, 0.717) is 16.5 Å². The van der Waals surface area contributed by atoms with Gasteiger partial charge in [-0.25, -0.2) is 0 Å². The SMILES string of the molecule is CCc1ccc(C(=O)COC(=O)CSc2nnc(-c3ccc(Cl)cc3)o2)cc1. The van der Waals surface area contributed by atoms with Crippen molar-refractivity contribution in [2.24, 2.45) is 0 Å². The second-order valence-electron chi connectivity index (χ2n) is 5.80. The van der Waals surface area contributed by atoms with Crippen molar-refractivity contribution in [3.8, 4) is 11.5 Å². The van der Waals surface area contributed by atoms with Gasteiger partial charge in [0.05, 0.1) is 0 Å². The van der Waals surface area contributed by atoms with Crippen molar-refractivity contribution in [3.63, 3.8) is 0 Å². The summed E-state index contributed by atoms with van der Waals surface area (Å²) in [5, 5.41) is 8.67. The number of Topliss-reactive ketones (excluding diaryl/α,β-unsaturated/α-hetero) is 1. The molecular formula is C20H17ClN2O4S. The second kappa shape index (κ2) is 9.52. The van der Waals surface area contributed by atoms with Crippen LogP contribution >= 0.6 is 23.4 Å². The number of thioether (sulfide) groups is 1. The number of rotatable bonds is 8. The standard InChI is InChI=1S/C20H17ClN2O4S/c1-2-13-3-5-14(6-4-13)17(24)11-26-18(25)12-28-20-23-22-19(27-20)15-7-9-16(21)10-8-15/h3-10H,2,11-12H2,1H3. The van der Waals surface area contributed by atoms with Crippen molar-refractivity contribution < 1.29 is 18.7 Å². The van der Waals surface area contributed by atoms with E-state index in [2.05, 4.69) is 10.2 Å². The number of ketones is 1. The molecule has 0 atom stereocenters. The molecule has 8 heteroatoms. The van der Waals surface area contributed by atoms with Gasteiger partial charge in [0.2, 0.25) is 5.89 Å². The average Bonchev–Trinajstić information content (AvgIpc) is 3.20. The highest BCUT2D eigenvalue weighted by Crippen LogP contribution is 2.24. The highest BCUT2D eigenvalue weighted by molar-refractivity contribution is 7.99. The number of carbonyl (C=O) groups excluding carboxylic acids is 2. The zero-order valence-electron chi connectivity index (χ0n) is 15.1.